The first-order chi connectivity index (χ1) is 10.1. The van der Waals surface area contributed by atoms with Gasteiger partial charge in [-0.25, -0.2) is 0 Å². The van der Waals surface area contributed by atoms with Crippen LogP contribution in [0.4, 0.5) is 0 Å². The summed E-state index contributed by atoms with van der Waals surface area (Å²) in [7, 11) is 0. The predicted molar refractivity (Wildman–Crippen MR) is 87.1 cm³/mol. The van der Waals surface area contributed by atoms with E-state index in [9.17, 15) is 9.59 Å². The lowest BCUT2D eigenvalue weighted by Crippen LogP contribution is -2.47. The quantitative estimate of drug-likeness (QED) is 0.795. The minimum absolute atomic E-state index is 0.112. The summed E-state index contributed by atoms with van der Waals surface area (Å²) in [6.45, 7) is 0. The molecule has 1 N–H and O–H groups in total. The van der Waals surface area contributed by atoms with Crippen molar-refractivity contribution in [1.82, 2.24) is 4.90 Å². The van der Waals surface area contributed by atoms with E-state index in [-0.39, 0.29) is 30.3 Å². The van der Waals surface area contributed by atoms with E-state index in [2.05, 4.69) is 22.6 Å². The van der Waals surface area contributed by atoms with Crippen LogP contribution in [0.25, 0.3) is 0 Å². The van der Waals surface area contributed by atoms with Gasteiger partial charge in [-0.2, -0.15) is 0 Å². The van der Waals surface area contributed by atoms with E-state index in [1.807, 2.05) is 29.2 Å². The van der Waals surface area contributed by atoms with Gasteiger partial charge in [0.2, 0.25) is 0 Å². The number of amides is 1. The third-order valence-corrected chi connectivity index (χ3v) is 5.57. The lowest BCUT2D eigenvalue weighted by molar-refractivity contribution is -0.138. The number of benzene rings is 1. The molecule has 5 heteroatoms. The molecule has 0 aliphatic carbocycles. The van der Waals surface area contributed by atoms with Crippen molar-refractivity contribution >= 4 is 34.5 Å². The fourth-order valence-corrected chi connectivity index (χ4v) is 4.43. The highest BCUT2D eigenvalue weighted by Gasteiger charge is 2.43. The predicted octanol–water partition coefficient (Wildman–Crippen LogP) is 3.15. The van der Waals surface area contributed by atoms with Gasteiger partial charge < -0.3 is 10.0 Å². The average Bonchev–Trinajstić information content (AvgIpc) is 2.69. The van der Waals surface area contributed by atoms with Crippen LogP contribution in [0.1, 0.15) is 42.5 Å². The van der Waals surface area contributed by atoms with E-state index in [0.717, 1.165) is 34.8 Å². The minimum atomic E-state index is -0.725. The molecule has 2 fully saturated rings. The maximum atomic E-state index is 12.8. The molecule has 2 atom stereocenters. The van der Waals surface area contributed by atoms with Crippen molar-refractivity contribution in [2.75, 3.05) is 0 Å². The molecule has 1 amide bonds. The van der Waals surface area contributed by atoms with Crippen molar-refractivity contribution in [3.05, 3.63) is 33.4 Å². The van der Waals surface area contributed by atoms with E-state index in [0.29, 0.717) is 0 Å². The SMILES string of the molecule is O=C(O)CC1CC2CCC(C1)N2C(=O)c1ccccc1I. The third kappa shape index (κ3) is 2.93. The number of aliphatic carboxylic acids is 1. The molecule has 2 aliphatic rings. The third-order valence-electron chi connectivity index (χ3n) is 4.63. The van der Waals surface area contributed by atoms with Crippen LogP contribution < -0.4 is 0 Å². The maximum absolute atomic E-state index is 12.8. The zero-order valence-corrected chi connectivity index (χ0v) is 13.8. The van der Waals surface area contributed by atoms with Gasteiger partial charge in [0, 0.05) is 22.1 Å². The molecule has 1 aromatic carbocycles. The summed E-state index contributed by atoms with van der Waals surface area (Å²) in [4.78, 5) is 25.7. The van der Waals surface area contributed by atoms with Crippen molar-refractivity contribution in [1.29, 1.82) is 0 Å². The molecule has 0 radical (unpaired) electrons. The molecular weight excluding hydrogens is 381 g/mol. The number of fused-ring (bicyclic) bond motifs is 2. The summed E-state index contributed by atoms with van der Waals surface area (Å²) >= 11 is 2.20. The van der Waals surface area contributed by atoms with Gasteiger partial charge >= 0.3 is 5.97 Å². The van der Waals surface area contributed by atoms with Gasteiger partial charge in [0.05, 0.1) is 5.56 Å². The summed E-state index contributed by atoms with van der Waals surface area (Å²) in [5, 5.41) is 8.97. The van der Waals surface area contributed by atoms with Crippen LogP contribution in [0.5, 0.6) is 0 Å². The van der Waals surface area contributed by atoms with Crippen molar-refractivity contribution < 1.29 is 14.7 Å². The molecule has 112 valence electrons. The van der Waals surface area contributed by atoms with Crippen molar-refractivity contribution in [3.63, 3.8) is 0 Å². The molecule has 0 saturated carbocycles. The topological polar surface area (TPSA) is 57.6 Å². The summed E-state index contributed by atoms with van der Waals surface area (Å²) < 4.78 is 0.979. The summed E-state index contributed by atoms with van der Waals surface area (Å²) in [6.07, 6.45) is 3.92. The number of carboxylic acid groups (broad SMARTS) is 1. The fourth-order valence-electron chi connectivity index (χ4n) is 3.81. The van der Waals surface area contributed by atoms with E-state index in [1.165, 1.54) is 0 Å². The second-order valence-corrected chi connectivity index (χ2v) is 7.17. The summed E-state index contributed by atoms with van der Waals surface area (Å²) in [6, 6.07) is 8.11. The molecule has 2 saturated heterocycles. The van der Waals surface area contributed by atoms with E-state index in [1.54, 1.807) is 0 Å². The van der Waals surface area contributed by atoms with Crippen LogP contribution in [0.15, 0.2) is 24.3 Å². The number of halogens is 1. The monoisotopic (exact) mass is 399 g/mol. The number of carbonyl (C=O) groups excluding carboxylic acids is 1. The fraction of sp³-hybridized carbons (Fsp3) is 0.500. The van der Waals surface area contributed by atoms with Gasteiger partial charge in [-0.05, 0) is 66.3 Å². The van der Waals surface area contributed by atoms with Gasteiger partial charge in [0.25, 0.3) is 5.91 Å². The molecule has 2 aliphatic heterocycles. The van der Waals surface area contributed by atoms with Crippen molar-refractivity contribution in [2.45, 2.75) is 44.2 Å². The average molecular weight is 399 g/mol. The number of hydrogen-bond donors (Lipinski definition) is 1. The largest absolute Gasteiger partial charge is 0.481 e. The Morgan fingerprint density at radius 2 is 1.81 bits per heavy atom. The number of carboxylic acids is 1. The number of carbonyl (C=O) groups is 2. The Balaban J connectivity index is 1.78. The van der Waals surface area contributed by atoms with Crippen molar-refractivity contribution in [3.8, 4) is 0 Å². The van der Waals surface area contributed by atoms with Crippen LogP contribution in [-0.4, -0.2) is 34.0 Å². The van der Waals surface area contributed by atoms with Crippen LogP contribution in [0.3, 0.4) is 0 Å². The lowest BCUT2D eigenvalue weighted by atomic mass is 9.88. The molecule has 0 aromatic heterocycles. The molecule has 21 heavy (non-hydrogen) atoms. The highest BCUT2D eigenvalue weighted by atomic mass is 127. The molecule has 2 unspecified atom stereocenters. The van der Waals surface area contributed by atoms with Crippen LogP contribution in [-0.2, 0) is 4.79 Å². The minimum Gasteiger partial charge on any atom is -0.481 e. The molecular formula is C16H18INO3. The number of nitrogens with zero attached hydrogens (tertiary/aromatic N) is 1. The van der Waals surface area contributed by atoms with Crippen LogP contribution in [0.2, 0.25) is 0 Å². The summed E-state index contributed by atoms with van der Waals surface area (Å²) in [5.74, 6) is -0.392. The Kier molecular flexibility index (Phi) is 4.19. The number of rotatable bonds is 3. The Morgan fingerprint density at radius 1 is 1.19 bits per heavy atom. The zero-order chi connectivity index (χ0) is 15.0. The van der Waals surface area contributed by atoms with Gasteiger partial charge in [-0.3, -0.25) is 9.59 Å². The molecule has 2 heterocycles. The zero-order valence-electron chi connectivity index (χ0n) is 11.7. The first kappa shape index (κ1) is 14.8. The summed E-state index contributed by atoms with van der Waals surface area (Å²) in [5.41, 5.74) is 0.770. The van der Waals surface area contributed by atoms with E-state index < -0.39 is 5.97 Å². The van der Waals surface area contributed by atoms with E-state index >= 15 is 0 Å². The number of hydrogen-bond acceptors (Lipinski definition) is 2. The molecule has 3 rings (SSSR count). The lowest BCUT2D eigenvalue weighted by Gasteiger charge is -2.38. The van der Waals surface area contributed by atoms with Crippen LogP contribution >= 0.6 is 22.6 Å². The van der Waals surface area contributed by atoms with Gasteiger partial charge in [-0.1, -0.05) is 12.1 Å². The normalized spacial score (nSPS) is 27.7. The standard InChI is InChI=1S/C16H18INO3/c17-14-4-2-1-3-13(14)16(21)18-11-5-6-12(18)8-10(7-11)9-15(19)20/h1-4,10-12H,5-9H2,(H,19,20). The second-order valence-electron chi connectivity index (χ2n) is 6.01. The highest BCUT2D eigenvalue weighted by Crippen LogP contribution is 2.40. The number of piperidine rings is 1. The second kappa shape index (κ2) is 5.94. The molecule has 2 bridgehead atoms. The van der Waals surface area contributed by atoms with Gasteiger partial charge in [0.15, 0.2) is 0 Å². The Hall–Kier alpha value is -1.11. The highest BCUT2D eigenvalue weighted by molar-refractivity contribution is 14.1. The Morgan fingerprint density at radius 3 is 2.38 bits per heavy atom. The molecule has 1 aromatic rings. The van der Waals surface area contributed by atoms with Crippen molar-refractivity contribution in [2.24, 2.45) is 5.92 Å². The first-order valence-electron chi connectivity index (χ1n) is 7.35. The Bertz CT molecular complexity index is 560. The Labute approximate surface area is 137 Å². The van der Waals surface area contributed by atoms with Gasteiger partial charge in [0.1, 0.15) is 0 Å². The first-order valence-corrected chi connectivity index (χ1v) is 8.43. The maximum Gasteiger partial charge on any atom is 0.303 e. The van der Waals surface area contributed by atoms with Crippen LogP contribution in [0, 0.1) is 9.49 Å². The molecule has 0 spiro atoms. The smallest absolute Gasteiger partial charge is 0.303 e. The van der Waals surface area contributed by atoms with E-state index in [4.69, 9.17) is 5.11 Å². The molecule has 4 nitrogen and oxygen atoms in total. The van der Waals surface area contributed by atoms with Gasteiger partial charge in [-0.15, -0.1) is 0 Å².